The van der Waals surface area contributed by atoms with E-state index in [4.69, 9.17) is 5.73 Å². The second-order valence-corrected chi connectivity index (χ2v) is 7.19. The molecule has 0 bridgehead atoms. The number of anilines is 1. The fourth-order valence-corrected chi connectivity index (χ4v) is 3.04. The van der Waals surface area contributed by atoms with E-state index in [1.165, 1.54) is 17.7 Å². The number of rotatable bonds is 2. The molecule has 2 nitrogen and oxygen atoms in total. The topological polar surface area (TPSA) is 29.3 Å². The molecule has 18 heavy (non-hydrogen) atoms. The summed E-state index contributed by atoms with van der Waals surface area (Å²) in [6.45, 7) is 9.92. The molecule has 2 N–H and O–H groups in total. The molecule has 1 aliphatic rings. The summed E-state index contributed by atoms with van der Waals surface area (Å²) in [4.78, 5) is 2.49. The van der Waals surface area contributed by atoms with E-state index in [2.05, 4.69) is 59.8 Å². The molecule has 3 heteroatoms. The summed E-state index contributed by atoms with van der Waals surface area (Å²) in [6.07, 6.45) is 1.28. The van der Waals surface area contributed by atoms with Crippen LogP contribution in [0.5, 0.6) is 0 Å². The van der Waals surface area contributed by atoms with Gasteiger partial charge in [-0.3, -0.25) is 0 Å². The van der Waals surface area contributed by atoms with Crippen LogP contribution in [-0.4, -0.2) is 13.1 Å². The van der Waals surface area contributed by atoms with Crippen molar-refractivity contribution in [2.24, 2.45) is 17.1 Å². The van der Waals surface area contributed by atoms with E-state index in [0.29, 0.717) is 12.0 Å². The molecule has 1 unspecified atom stereocenters. The Morgan fingerprint density at radius 3 is 2.67 bits per heavy atom. The maximum Gasteiger partial charge on any atom is 0.0423 e. The third kappa shape index (κ3) is 2.89. The summed E-state index contributed by atoms with van der Waals surface area (Å²) in [7, 11) is 0. The molecule has 0 aromatic heterocycles. The molecule has 2 rings (SSSR count). The number of hydrogen-bond acceptors (Lipinski definition) is 2. The lowest BCUT2D eigenvalue weighted by molar-refractivity contribution is 0.263. The second kappa shape index (κ2) is 5.22. The summed E-state index contributed by atoms with van der Waals surface area (Å²) in [6, 6.07) is 6.40. The summed E-state index contributed by atoms with van der Waals surface area (Å²) in [5.74, 6) is 0.766. The van der Waals surface area contributed by atoms with Crippen LogP contribution in [0.4, 0.5) is 5.69 Å². The van der Waals surface area contributed by atoms with Crippen LogP contribution in [0, 0.1) is 11.3 Å². The minimum atomic E-state index is 0.393. The van der Waals surface area contributed by atoms with E-state index in [-0.39, 0.29) is 0 Å². The summed E-state index contributed by atoms with van der Waals surface area (Å²) < 4.78 is 1.13. The van der Waals surface area contributed by atoms with Gasteiger partial charge in [-0.2, -0.15) is 0 Å². The van der Waals surface area contributed by atoms with Crippen LogP contribution < -0.4 is 10.6 Å². The van der Waals surface area contributed by atoms with Gasteiger partial charge in [0, 0.05) is 29.8 Å². The molecular formula is C15H23BrN2. The van der Waals surface area contributed by atoms with Gasteiger partial charge >= 0.3 is 0 Å². The fourth-order valence-electron chi connectivity index (χ4n) is 2.69. The smallest absolute Gasteiger partial charge is 0.0423 e. The molecule has 1 aromatic rings. The molecule has 1 aliphatic heterocycles. The number of nitrogens with two attached hydrogens (primary N) is 1. The second-order valence-electron chi connectivity index (χ2n) is 6.27. The van der Waals surface area contributed by atoms with Gasteiger partial charge in [0.25, 0.3) is 0 Å². The first-order valence-corrected chi connectivity index (χ1v) is 7.44. The van der Waals surface area contributed by atoms with Gasteiger partial charge in [-0.15, -0.1) is 0 Å². The maximum atomic E-state index is 5.85. The van der Waals surface area contributed by atoms with Crippen LogP contribution in [0.1, 0.15) is 32.8 Å². The van der Waals surface area contributed by atoms with Crippen LogP contribution in [0.2, 0.25) is 0 Å². The van der Waals surface area contributed by atoms with Gasteiger partial charge in [0.1, 0.15) is 0 Å². The molecule has 1 heterocycles. The molecule has 0 aliphatic carbocycles. The van der Waals surface area contributed by atoms with Crippen molar-refractivity contribution in [2.45, 2.75) is 33.7 Å². The summed E-state index contributed by atoms with van der Waals surface area (Å²) in [5, 5.41) is 0. The van der Waals surface area contributed by atoms with Gasteiger partial charge < -0.3 is 10.6 Å². The molecule has 1 fully saturated rings. The van der Waals surface area contributed by atoms with E-state index in [1.54, 1.807) is 0 Å². The van der Waals surface area contributed by atoms with Crippen LogP contribution in [-0.2, 0) is 6.54 Å². The zero-order valence-corrected chi connectivity index (χ0v) is 13.1. The Morgan fingerprint density at radius 1 is 1.39 bits per heavy atom. The number of nitrogens with zero attached hydrogens (tertiary/aromatic N) is 1. The Hall–Kier alpha value is -0.540. The van der Waals surface area contributed by atoms with E-state index in [9.17, 15) is 0 Å². The highest BCUT2D eigenvalue weighted by Crippen LogP contribution is 2.37. The van der Waals surface area contributed by atoms with E-state index < -0.39 is 0 Å². The highest BCUT2D eigenvalue weighted by atomic mass is 79.9. The largest absolute Gasteiger partial charge is 0.371 e. The van der Waals surface area contributed by atoms with Gasteiger partial charge in [0.2, 0.25) is 0 Å². The van der Waals surface area contributed by atoms with Crippen molar-refractivity contribution in [3.63, 3.8) is 0 Å². The van der Waals surface area contributed by atoms with E-state index >= 15 is 0 Å². The standard InChI is InChI=1S/C15H23BrN2/c1-15(2,3)12-6-7-18(10-12)14-8-13(16)5-4-11(14)9-17/h4-5,8,12H,6-7,9-10,17H2,1-3H3. The predicted molar refractivity (Wildman–Crippen MR) is 81.8 cm³/mol. The maximum absolute atomic E-state index is 5.85. The quantitative estimate of drug-likeness (QED) is 0.900. The Balaban J connectivity index is 2.21. The highest BCUT2D eigenvalue weighted by molar-refractivity contribution is 9.10. The molecule has 100 valence electrons. The lowest BCUT2D eigenvalue weighted by atomic mass is 9.80. The lowest BCUT2D eigenvalue weighted by Gasteiger charge is -2.28. The Labute approximate surface area is 119 Å². The van der Waals surface area contributed by atoms with Crippen molar-refractivity contribution in [2.75, 3.05) is 18.0 Å². The Bertz CT molecular complexity index is 423. The molecule has 1 aromatic carbocycles. The van der Waals surface area contributed by atoms with E-state index in [0.717, 1.165) is 23.5 Å². The molecule has 0 amide bonds. The Morgan fingerprint density at radius 2 is 2.11 bits per heavy atom. The van der Waals surface area contributed by atoms with Crippen molar-refractivity contribution in [3.05, 3.63) is 28.2 Å². The molecule has 0 radical (unpaired) electrons. The average molecular weight is 311 g/mol. The van der Waals surface area contributed by atoms with Gasteiger partial charge in [0.15, 0.2) is 0 Å². The SMILES string of the molecule is CC(C)(C)C1CCN(c2cc(Br)ccc2CN)C1. The van der Waals surface area contributed by atoms with Gasteiger partial charge in [-0.05, 0) is 35.4 Å². The molecule has 0 saturated carbocycles. The van der Waals surface area contributed by atoms with Crippen molar-refractivity contribution in [1.29, 1.82) is 0 Å². The first-order valence-electron chi connectivity index (χ1n) is 6.65. The Kier molecular flexibility index (Phi) is 4.02. The first-order chi connectivity index (χ1) is 8.41. The minimum absolute atomic E-state index is 0.393. The molecule has 0 spiro atoms. The zero-order chi connectivity index (χ0) is 13.3. The van der Waals surface area contributed by atoms with Crippen molar-refractivity contribution in [3.8, 4) is 0 Å². The van der Waals surface area contributed by atoms with Crippen LogP contribution in [0.15, 0.2) is 22.7 Å². The third-order valence-electron chi connectivity index (χ3n) is 4.02. The molecule has 1 saturated heterocycles. The fraction of sp³-hybridized carbons (Fsp3) is 0.600. The van der Waals surface area contributed by atoms with Crippen molar-refractivity contribution in [1.82, 2.24) is 0 Å². The number of benzene rings is 1. The third-order valence-corrected chi connectivity index (χ3v) is 4.51. The van der Waals surface area contributed by atoms with Gasteiger partial charge in [0.05, 0.1) is 0 Å². The predicted octanol–water partition coefficient (Wildman–Crippen LogP) is 3.78. The normalized spacial score (nSPS) is 20.5. The highest BCUT2D eigenvalue weighted by Gasteiger charge is 2.32. The summed E-state index contributed by atoms with van der Waals surface area (Å²) >= 11 is 3.56. The molecule has 1 atom stereocenters. The minimum Gasteiger partial charge on any atom is -0.371 e. The average Bonchev–Trinajstić information content (AvgIpc) is 2.77. The zero-order valence-electron chi connectivity index (χ0n) is 11.5. The van der Waals surface area contributed by atoms with E-state index in [1.807, 2.05) is 0 Å². The van der Waals surface area contributed by atoms with Crippen molar-refractivity contribution >= 4 is 21.6 Å². The summed E-state index contributed by atoms with van der Waals surface area (Å²) in [5.41, 5.74) is 8.79. The first kappa shape index (κ1) is 13.9. The monoisotopic (exact) mass is 310 g/mol. The van der Waals surface area contributed by atoms with Crippen LogP contribution >= 0.6 is 15.9 Å². The van der Waals surface area contributed by atoms with Crippen LogP contribution in [0.3, 0.4) is 0 Å². The van der Waals surface area contributed by atoms with Crippen LogP contribution in [0.25, 0.3) is 0 Å². The van der Waals surface area contributed by atoms with Gasteiger partial charge in [-0.1, -0.05) is 42.8 Å². The molecular weight excluding hydrogens is 288 g/mol. The number of halogens is 1. The van der Waals surface area contributed by atoms with Crippen molar-refractivity contribution < 1.29 is 0 Å². The number of hydrogen-bond donors (Lipinski definition) is 1. The van der Waals surface area contributed by atoms with Gasteiger partial charge in [-0.25, -0.2) is 0 Å². The lowest BCUT2D eigenvalue weighted by Crippen LogP contribution is -2.26.